The van der Waals surface area contributed by atoms with Crippen molar-refractivity contribution >= 4 is 18.5 Å². The average Bonchev–Trinajstić information content (AvgIpc) is 2.81. The second kappa shape index (κ2) is 12.9. The first-order valence-electron chi connectivity index (χ1n) is 10.6. The molecule has 0 atom stereocenters. The van der Waals surface area contributed by atoms with Gasteiger partial charge in [-0.1, -0.05) is 43.3 Å². The molecule has 7 nitrogen and oxygen atoms in total. The molecule has 7 heteroatoms. The quantitative estimate of drug-likeness (QED) is 0.239. The Morgan fingerprint density at radius 1 is 1.25 bits per heavy atom. The van der Waals surface area contributed by atoms with Gasteiger partial charge in [0, 0.05) is 30.2 Å². The predicted molar refractivity (Wildman–Crippen MR) is 127 cm³/mol. The molecule has 170 valence electrons. The fourth-order valence-electron chi connectivity index (χ4n) is 3.14. The zero-order valence-corrected chi connectivity index (χ0v) is 19.1. The minimum atomic E-state index is -0.530. The van der Waals surface area contributed by atoms with E-state index in [0.717, 1.165) is 29.7 Å². The largest absolute Gasteiger partial charge is 0.490 e. The van der Waals surface area contributed by atoms with Gasteiger partial charge in [-0.15, -0.1) is 0 Å². The average molecular weight is 437 g/mol. The Kier molecular flexibility index (Phi) is 9.97. The Morgan fingerprint density at radius 3 is 2.66 bits per heavy atom. The summed E-state index contributed by atoms with van der Waals surface area (Å²) in [6.07, 6.45) is 9.48. The van der Waals surface area contributed by atoms with Gasteiger partial charge in [0.15, 0.2) is 0 Å². The maximum absolute atomic E-state index is 12.4. The van der Waals surface area contributed by atoms with E-state index in [1.807, 2.05) is 61.2 Å². The van der Waals surface area contributed by atoms with Gasteiger partial charge >= 0.3 is 5.91 Å². The minimum absolute atomic E-state index is 0.0909. The molecule has 0 radical (unpaired) electrons. The SMILES string of the molecule is C=NC(=O)/C(=C\N(CNC1=C(C)CCC(C(=O)N/C=C\CC)=C1)Cc1ccccc1)OC. The third kappa shape index (κ3) is 7.58. The molecule has 0 aliphatic heterocycles. The number of benzene rings is 1. The standard InChI is InChI=1S/C25H32N4O3/c1-5-6-14-27-24(30)21-13-12-19(2)22(15-21)28-18-29(16-20-10-8-7-9-11-20)17-23(32-4)25(31)26-3/h6-11,14-15,17,28H,3,5,12-13,16,18H2,1-2,4H3,(H,27,30)/b14-6-,23-17+. The number of hydrogen-bond acceptors (Lipinski definition) is 5. The van der Waals surface area contributed by atoms with Crippen molar-refractivity contribution in [3.8, 4) is 0 Å². The molecule has 1 aliphatic carbocycles. The lowest BCUT2D eigenvalue weighted by molar-refractivity contribution is -0.117. The molecule has 0 unspecified atom stereocenters. The van der Waals surface area contributed by atoms with Crippen molar-refractivity contribution in [2.24, 2.45) is 4.99 Å². The molecule has 0 fully saturated rings. The summed E-state index contributed by atoms with van der Waals surface area (Å²) in [4.78, 5) is 29.8. The van der Waals surface area contributed by atoms with E-state index in [9.17, 15) is 9.59 Å². The fraction of sp³-hybridized carbons (Fsp3) is 0.320. The summed E-state index contributed by atoms with van der Waals surface area (Å²) in [5.41, 5.74) is 3.88. The summed E-state index contributed by atoms with van der Waals surface area (Å²) in [5.74, 6) is -0.519. The zero-order valence-electron chi connectivity index (χ0n) is 19.1. The fourth-order valence-corrected chi connectivity index (χ4v) is 3.14. The van der Waals surface area contributed by atoms with Crippen molar-refractivity contribution < 1.29 is 14.3 Å². The first kappa shape index (κ1) is 24.7. The summed E-state index contributed by atoms with van der Waals surface area (Å²) in [5, 5.41) is 6.21. The Labute approximate surface area is 190 Å². The predicted octanol–water partition coefficient (Wildman–Crippen LogP) is 3.78. The minimum Gasteiger partial charge on any atom is -0.490 e. The van der Waals surface area contributed by atoms with Crippen molar-refractivity contribution in [1.82, 2.24) is 15.5 Å². The molecule has 2 N–H and O–H groups in total. The van der Waals surface area contributed by atoms with Crippen LogP contribution in [0.15, 0.2) is 82.5 Å². The molecular weight excluding hydrogens is 404 g/mol. The smallest absolute Gasteiger partial charge is 0.312 e. The number of amides is 2. The molecule has 2 amide bonds. The topological polar surface area (TPSA) is 83.0 Å². The lowest BCUT2D eigenvalue weighted by Gasteiger charge is -2.25. The van der Waals surface area contributed by atoms with E-state index in [1.165, 1.54) is 12.7 Å². The monoisotopic (exact) mass is 436 g/mol. The van der Waals surface area contributed by atoms with E-state index >= 15 is 0 Å². The first-order valence-corrected chi connectivity index (χ1v) is 10.6. The highest BCUT2D eigenvalue weighted by molar-refractivity contribution is 5.95. The van der Waals surface area contributed by atoms with Crippen LogP contribution in [0.5, 0.6) is 0 Å². The summed E-state index contributed by atoms with van der Waals surface area (Å²) < 4.78 is 5.20. The van der Waals surface area contributed by atoms with Gasteiger partial charge in [0.1, 0.15) is 0 Å². The van der Waals surface area contributed by atoms with Gasteiger partial charge in [0.25, 0.3) is 5.91 Å². The van der Waals surface area contributed by atoms with E-state index in [1.54, 1.807) is 12.4 Å². The molecule has 0 bridgehead atoms. The van der Waals surface area contributed by atoms with Gasteiger partial charge in [-0.3, -0.25) is 9.59 Å². The van der Waals surface area contributed by atoms with Gasteiger partial charge in [-0.2, -0.15) is 0 Å². The molecule has 1 aromatic rings. The van der Waals surface area contributed by atoms with Crippen LogP contribution in [0.1, 0.15) is 38.7 Å². The number of nitrogens with zero attached hydrogens (tertiary/aromatic N) is 2. The second-order valence-corrected chi connectivity index (χ2v) is 7.38. The summed E-state index contributed by atoms with van der Waals surface area (Å²) in [6, 6.07) is 9.91. The number of carbonyl (C=O) groups is 2. The van der Waals surface area contributed by atoms with Gasteiger partial charge in [-0.25, -0.2) is 4.99 Å². The second-order valence-electron chi connectivity index (χ2n) is 7.38. The zero-order chi connectivity index (χ0) is 23.3. The van der Waals surface area contributed by atoms with Crippen LogP contribution in [-0.4, -0.2) is 37.2 Å². The van der Waals surface area contributed by atoms with Crippen molar-refractivity contribution in [2.45, 2.75) is 39.7 Å². The molecule has 32 heavy (non-hydrogen) atoms. The summed E-state index contributed by atoms with van der Waals surface area (Å²) >= 11 is 0. The van der Waals surface area contributed by atoms with Crippen LogP contribution in [-0.2, 0) is 20.9 Å². The maximum Gasteiger partial charge on any atom is 0.312 e. The van der Waals surface area contributed by atoms with Crippen LogP contribution in [0.3, 0.4) is 0 Å². The Hall–Kier alpha value is -3.61. The highest BCUT2D eigenvalue weighted by Crippen LogP contribution is 2.22. The number of rotatable bonds is 11. The van der Waals surface area contributed by atoms with Gasteiger partial charge in [-0.05, 0) is 50.1 Å². The number of nitrogens with one attached hydrogen (secondary N) is 2. The van der Waals surface area contributed by atoms with E-state index in [0.29, 0.717) is 19.6 Å². The number of carbonyl (C=O) groups excluding carboxylic acids is 2. The van der Waals surface area contributed by atoms with E-state index in [2.05, 4.69) is 22.3 Å². The van der Waals surface area contributed by atoms with Crippen LogP contribution >= 0.6 is 0 Å². The molecule has 0 heterocycles. The Morgan fingerprint density at radius 2 is 2.00 bits per heavy atom. The van der Waals surface area contributed by atoms with Gasteiger partial charge in [0.05, 0.1) is 13.8 Å². The lowest BCUT2D eigenvalue weighted by Crippen LogP contribution is -2.32. The van der Waals surface area contributed by atoms with Crippen molar-refractivity contribution in [3.63, 3.8) is 0 Å². The number of aliphatic imine (C=N–C) groups is 1. The van der Waals surface area contributed by atoms with Crippen LogP contribution < -0.4 is 10.6 Å². The van der Waals surface area contributed by atoms with Crippen molar-refractivity contribution in [1.29, 1.82) is 0 Å². The van der Waals surface area contributed by atoms with Gasteiger partial charge < -0.3 is 20.3 Å². The molecule has 0 saturated carbocycles. The highest BCUT2D eigenvalue weighted by atomic mass is 16.5. The normalized spacial score (nSPS) is 14.1. The van der Waals surface area contributed by atoms with E-state index in [4.69, 9.17) is 4.74 Å². The number of methoxy groups -OCH3 is 1. The molecule has 0 saturated heterocycles. The third-order valence-corrected chi connectivity index (χ3v) is 4.98. The summed E-state index contributed by atoms with van der Waals surface area (Å²) in [6.45, 7) is 8.31. The molecule has 0 aromatic heterocycles. The number of ether oxygens (including phenoxy) is 1. The molecular formula is C25H32N4O3. The molecule has 0 spiro atoms. The highest BCUT2D eigenvalue weighted by Gasteiger charge is 2.17. The number of allylic oxidation sites excluding steroid dienone is 3. The van der Waals surface area contributed by atoms with Gasteiger partial charge in [0.2, 0.25) is 5.76 Å². The van der Waals surface area contributed by atoms with Crippen LogP contribution in [0, 0.1) is 0 Å². The lowest BCUT2D eigenvalue weighted by atomic mass is 9.96. The van der Waals surface area contributed by atoms with E-state index in [-0.39, 0.29) is 11.7 Å². The van der Waals surface area contributed by atoms with Crippen LogP contribution in [0.4, 0.5) is 0 Å². The number of hydrogen-bond donors (Lipinski definition) is 2. The Balaban J connectivity index is 2.18. The Bertz CT molecular complexity index is 930. The summed E-state index contributed by atoms with van der Waals surface area (Å²) in [7, 11) is 1.43. The molecule has 1 aliphatic rings. The van der Waals surface area contributed by atoms with E-state index < -0.39 is 5.91 Å². The third-order valence-electron chi connectivity index (χ3n) is 4.98. The molecule has 1 aromatic carbocycles. The van der Waals surface area contributed by atoms with Crippen molar-refractivity contribution in [2.75, 3.05) is 13.8 Å². The maximum atomic E-state index is 12.4. The van der Waals surface area contributed by atoms with Crippen molar-refractivity contribution in [3.05, 3.63) is 83.0 Å². The first-order chi connectivity index (χ1) is 15.5. The van der Waals surface area contributed by atoms with Crippen LogP contribution in [0.25, 0.3) is 0 Å². The molecule has 2 rings (SSSR count). The van der Waals surface area contributed by atoms with Crippen LogP contribution in [0.2, 0.25) is 0 Å².